The second-order valence-electron chi connectivity index (χ2n) is 4.58. The largest absolute Gasteiger partial charge is 0.475 e. The van der Waals surface area contributed by atoms with Crippen molar-refractivity contribution in [3.8, 4) is 0 Å². The summed E-state index contributed by atoms with van der Waals surface area (Å²) in [6.45, 7) is 0. The third kappa shape index (κ3) is 4.50. The van der Waals surface area contributed by atoms with E-state index in [1.165, 1.54) is 14.2 Å². The van der Waals surface area contributed by atoms with Crippen molar-refractivity contribution in [2.75, 3.05) is 14.2 Å². The lowest BCUT2D eigenvalue weighted by Crippen LogP contribution is -2.16. The average Bonchev–Trinajstić information content (AvgIpc) is 2.60. The maximum atomic E-state index is 12.8. The summed E-state index contributed by atoms with van der Waals surface area (Å²) < 4.78 is 27.2. The van der Waals surface area contributed by atoms with Crippen LogP contribution >= 0.6 is 19.4 Å². The molecule has 0 fully saturated rings. The van der Waals surface area contributed by atoms with Crippen LogP contribution in [0.25, 0.3) is 0 Å². The van der Waals surface area contributed by atoms with E-state index in [-0.39, 0.29) is 5.78 Å². The summed E-state index contributed by atoms with van der Waals surface area (Å²) in [4.78, 5) is 12.8. The van der Waals surface area contributed by atoms with Crippen molar-refractivity contribution < 1.29 is 22.9 Å². The second kappa shape index (κ2) is 7.86. The quantitative estimate of drug-likeness (QED) is 0.533. The van der Waals surface area contributed by atoms with Gasteiger partial charge in [0.1, 0.15) is 0 Å². The van der Waals surface area contributed by atoms with Gasteiger partial charge in [0.05, 0.1) is 0 Å². The molecule has 1 unspecified atom stereocenters. The smallest absolute Gasteiger partial charge is 0.291 e. The number of carbonyl (C=O) groups excluding carboxylic acids is 1. The molecule has 0 bridgehead atoms. The molecule has 2 aromatic carbocycles. The number of Topliss-reactive ketones (excluding diaryl/α,β-unsaturated/α-hetero) is 1. The van der Waals surface area contributed by atoms with Gasteiger partial charge in [-0.1, -0.05) is 41.9 Å². The molecule has 2 aromatic rings. The highest BCUT2D eigenvalue weighted by molar-refractivity contribution is 7.48. The molecular formula is C16H16ClO5P. The van der Waals surface area contributed by atoms with Crippen molar-refractivity contribution in [2.45, 2.75) is 6.10 Å². The fourth-order valence-corrected chi connectivity index (χ4v) is 2.87. The number of hydrogen-bond acceptors (Lipinski definition) is 5. The topological polar surface area (TPSA) is 61.8 Å². The van der Waals surface area contributed by atoms with E-state index in [2.05, 4.69) is 0 Å². The van der Waals surface area contributed by atoms with E-state index in [4.69, 9.17) is 25.2 Å². The summed E-state index contributed by atoms with van der Waals surface area (Å²) >= 11 is 5.84. The van der Waals surface area contributed by atoms with Crippen molar-refractivity contribution in [3.05, 3.63) is 70.7 Å². The molecule has 1 atom stereocenters. The second-order valence-corrected chi connectivity index (χ2v) is 6.85. The van der Waals surface area contributed by atoms with Crippen molar-refractivity contribution in [1.82, 2.24) is 0 Å². The molecule has 0 saturated heterocycles. The number of phosphoric acid groups is 1. The highest BCUT2D eigenvalue weighted by Gasteiger charge is 2.33. The number of benzene rings is 2. The maximum Gasteiger partial charge on any atom is 0.475 e. The van der Waals surface area contributed by atoms with Gasteiger partial charge in [-0.2, -0.15) is 0 Å². The Hall–Kier alpha value is -1.49. The van der Waals surface area contributed by atoms with E-state index < -0.39 is 13.9 Å². The molecule has 0 N–H and O–H groups in total. The Morgan fingerprint density at radius 2 is 1.57 bits per heavy atom. The minimum atomic E-state index is -3.83. The third-order valence-electron chi connectivity index (χ3n) is 3.15. The molecule has 5 nitrogen and oxygen atoms in total. The van der Waals surface area contributed by atoms with E-state index in [9.17, 15) is 9.36 Å². The lowest BCUT2D eigenvalue weighted by atomic mass is 10.0. The number of hydrogen-bond donors (Lipinski definition) is 0. The van der Waals surface area contributed by atoms with E-state index in [0.717, 1.165) is 0 Å². The van der Waals surface area contributed by atoms with Crippen LogP contribution in [0.5, 0.6) is 0 Å². The highest BCUT2D eigenvalue weighted by Crippen LogP contribution is 2.52. The first kappa shape index (κ1) is 17.9. The van der Waals surface area contributed by atoms with E-state index >= 15 is 0 Å². The Kier molecular flexibility index (Phi) is 6.10. The summed E-state index contributed by atoms with van der Waals surface area (Å²) in [6.07, 6.45) is -1.12. The molecule has 0 heterocycles. The van der Waals surface area contributed by atoms with E-state index in [0.29, 0.717) is 16.1 Å². The zero-order valence-corrected chi connectivity index (χ0v) is 14.3. The highest BCUT2D eigenvalue weighted by atomic mass is 35.5. The first-order valence-corrected chi connectivity index (χ1v) is 8.57. The lowest BCUT2D eigenvalue weighted by molar-refractivity contribution is 0.0657. The maximum absolute atomic E-state index is 12.8. The van der Waals surface area contributed by atoms with Gasteiger partial charge in [-0.15, -0.1) is 0 Å². The Bertz CT molecular complexity index is 694. The van der Waals surface area contributed by atoms with Crippen LogP contribution in [0, 0.1) is 0 Å². The summed E-state index contributed by atoms with van der Waals surface area (Å²) in [7, 11) is -1.45. The SMILES string of the molecule is COP(=O)(OC)OC(C(=O)c1ccc(Cl)cc1)c1ccccc1. The number of carbonyl (C=O) groups is 1. The first-order chi connectivity index (χ1) is 11.0. The minimum absolute atomic E-state index is 0.373. The van der Waals surface area contributed by atoms with Crippen LogP contribution in [0.2, 0.25) is 5.02 Å². The van der Waals surface area contributed by atoms with Gasteiger partial charge < -0.3 is 0 Å². The molecule has 0 amide bonds. The van der Waals surface area contributed by atoms with Gasteiger partial charge in [0, 0.05) is 24.8 Å². The predicted molar refractivity (Wildman–Crippen MR) is 87.7 cm³/mol. The summed E-state index contributed by atoms with van der Waals surface area (Å²) in [5.41, 5.74) is 0.920. The van der Waals surface area contributed by atoms with Crippen LogP contribution < -0.4 is 0 Å². The summed E-state index contributed by atoms with van der Waals surface area (Å²) in [6, 6.07) is 15.1. The monoisotopic (exact) mass is 354 g/mol. The standard InChI is InChI=1S/C16H16ClO5P/c1-20-23(19,21-2)22-16(13-6-4-3-5-7-13)15(18)12-8-10-14(17)11-9-12/h3-11,16H,1-2H3. The molecule has 0 aliphatic rings. The van der Waals surface area contributed by atoms with Gasteiger partial charge in [0.15, 0.2) is 11.9 Å². The number of rotatable bonds is 7. The van der Waals surface area contributed by atoms with Crippen LogP contribution in [0.4, 0.5) is 0 Å². The van der Waals surface area contributed by atoms with Crippen molar-refractivity contribution in [1.29, 1.82) is 0 Å². The molecule has 122 valence electrons. The fraction of sp³-hybridized carbons (Fsp3) is 0.188. The molecule has 0 radical (unpaired) electrons. The van der Waals surface area contributed by atoms with E-state index in [1.807, 2.05) is 0 Å². The lowest BCUT2D eigenvalue weighted by Gasteiger charge is -2.21. The molecule has 0 spiro atoms. The van der Waals surface area contributed by atoms with Crippen LogP contribution in [0.15, 0.2) is 54.6 Å². The van der Waals surface area contributed by atoms with Gasteiger partial charge in [-0.3, -0.25) is 18.4 Å². The van der Waals surface area contributed by atoms with Crippen molar-refractivity contribution in [2.24, 2.45) is 0 Å². The Balaban J connectivity index is 2.39. The van der Waals surface area contributed by atoms with Crippen LogP contribution in [0.3, 0.4) is 0 Å². The Morgan fingerprint density at radius 1 is 1.00 bits per heavy atom. The normalized spacial score (nSPS) is 12.8. The molecule has 2 rings (SSSR count). The molecule has 0 saturated carbocycles. The third-order valence-corrected chi connectivity index (χ3v) is 4.77. The number of ketones is 1. The zero-order chi connectivity index (χ0) is 16.9. The van der Waals surface area contributed by atoms with Crippen LogP contribution in [-0.2, 0) is 18.1 Å². The zero-order valence-electron chi connectivity index (χ0n) is 12.6. The van der Waals surface area contributed by atoms with Crippen LogP contribution in [0.1, 0.15) is 22.0 Å². The number of phosphoric ester groups is 1. The number of halogens is 1. The van der Waals surface area contributed by atoms with Crippen molar-refractivity contribution >= 4 is 25.2 Å². The molecule has 0 aliphatic heterocycles. The Morgan fingerprint density at radius 3 is 2.09 bits per heavy atom. The minimum Gasteiger partial charge on any atom is -0.291 e. The van der Waals surface area contributed by atoms with Crippen molar-refractivity contribution in [3.63, 3.8) is 0 Å². The molecule has 23 heavy (non-hydrogen) atoms. The van der Waals surface area contributed by atoms with Crippen LogP contribution in [-0.4, -0.2) is 20.0 Å². The summed E-state index contributed by atoms with van der Waals surface area (Å²) in [5.74, 6) is -0.373. The van der Waals surface area contributed by atoms with Gasteiger partial charge in [0.25, 0.3) is 0 Å². The molecule has 0 aromatic heterocycles. The molecular weight excluding hydrogens is 339 g/mol. The van der Waals surface area contributed by atoms with Gasteiger partial charge >= 0.3 is 7.82 Å². The van der Waals surface area contributed by atoms with Gasteiger partial charge in [-0.25, -0.2) is 4.57 Å². The summed E-state index contributed by atoms with van der Waals surface area (Å²) in [5, 5.41) is 0.512. The average molecular weight is 355 g/mol. The van der Waals surface area contributed by atoms with Gasteiger partial charge in [0.2, 0.25) is 0 Å². The predicted octanol–water partition coefficient (Wildman–Crippen LogP) is 4.68. The fourth-order valence-electron chi connectivity index (χ4n) is 1.94. The first-order valence-electron chi connectivity index (χ1n) is 6.74. The van der Waals surface area contributed by atoms with Gasteiger partial charge in [-0.05, 0) is 29.8 Å². The van der Waals surface area contributed by atoms with E-state index in [1.54, 1.807) is 54.6 Å². The molecule has 7 heteroatoms. The Labute approximate surface area is 139 Å². The molecule has 0 aliphatic carbocycles.